The van der Waals surface area contributed by atoms with Crippen molar-refractivity contribution in [3.8, 4) is 0 Å². The maximum atomic E-state index is 12.3. The summed E-state index contributed by atoms with van der Waals surface area (Å²) in [5.41, 5.74) is 1.04. The molecule has 1 aromatic rings. The van der Waals surface area contributed by atoms with Crippen molar-refractivity contribution >= 4 is 5.97 Å². The Hall–Kier alpha value is -1.35. The van der Waals surface area contributed by atoms with Crippen LogP contribution in [0.25, 0.3) is 0 Å². The Morgan fingerprint density at radius 3 is 2.40 bits per heavy atom. The summed E-state index contributed by atoms with van der Waals surface area (Å²) in [6, 6.07) is 11.1. The second-order valence-electron chi connectivity index (χ2n) is 6.21. The van der Waals surface area contributed by atoms with E-state index in [1.165, 1.54) is 12.8 Å². The van der Waals surface area contributed by atoms with Crippen molar-refractivity contribution in [3.05, 3.63) is 35.9 Å². The molecule has 0 aliphatic carbocycles. The molecule has 2 aliphatic rings. The molecule has 0 saturated carbocycles. The van der Waals surface area contributed by atoms with Gasteiger partial charge in [-0.25, -0.2) is 0 Å². The molecule has 3 rings (SSSR count). The third kappa shape index (κ3) is 2.59. The predicted octanol–water partition coefficient (Wildman–Crippen LogP) is 2.96. The minimum Gasteiger partial charge on any atom is -0.462 e. The highest BCUT2D eigenvalue weighted by molar-refractivity contribution is 5.77. The minimum atomic E-state index is -0.173. The lowest BCUT2D eigenvalue weighted by Gasteiger charge is -2.36. The zero-order valence-corrected chi connectivity index (χ0v) is 12.3. The van der Waals surface area contributed by atoms with E-state index in [1.54, 1.807) is 0 Å². The highest BCUT2D eigenvalue weighted by Gasteiger charge is 2.40. The molecular formula is C17H23NO2. The summed E-state index contributed by atoms with van der Waals surface area (Å²) in [6.07, 6.45) is 4.62. The van der Waals surface area contributed by atoms with Gasteiger partial charge in [-0.3, -0.25) is 4.79 Å². The lowest BCUT2D eigenvalue weighted by molar-refractivity contribution is -0.153. The number of rotatable bonds is 3. The van der Waals surface area contributed by atoms with Crippen LogP contribution in [0, 0.1) is 0 Å². The summed E-state index contributed by atoms with van der Waals surface area (Å²) in [7, 11) is 2.20. The number of esters is 1. The van der Waals surface area contributed by atoms with Gasteiger partial charge in [-0.2, -0.15) is 0 Å². The Morgan fingerprint density at radius 1 is 1.20 bits per heavy atom. The van der Waals surface area contributed by atoms with Crippen LogP contribution in [0.15, 0.2) is 30.3 Å². The van der Waals surface area contributed by atoms with Crippen LogP contribution in [0.4, 0.5) is 0 Å². The first-order chi connectivity index (χ1) is 9.65. The maximum absolute atomic E-state index is 12.3. The molecule has 3 heteroatoms. The summed E-state index contributed by atoms with van der Waals surface area (Å²) in [5.74, 6) is -0.251. The summed E-state index contributed by atoms with van der Waals surface area (Å²) in [4.78, 5) is 14.8. The summed E-state index contributed by atoms with van der Waals surface area (Å²) in [5, 5.41) is 0. The molecule has 1 unspecified atom stereocenters. The van der Waals surface area contributed by atoms with Crippen LogP contribution in [-0.2, 0) is 9.53 Å². The van der Waals surface area contributed by atoms with Gasteiger partial charge in [0.1, 0.15) is 6.10 Å². The van der Waals surface area contributed by atoms with E-state index in [2.05, 4.69) is 11.9 Å². The molecule has 1 aromatic carbocycles. The third-order valence-corrected chi connectivity index (χ3v) is 4.99. The molecule has 0 radical (unpaired) electrons. The second-order valence-corrected chi connectivity index (χ2v) is 6.21. The number of benzene rings is 1. The van der Waals surface area contributed by atoms with Gasteiger partial charge in [-0.1, -0.05) is 30.3 Å². The Kier molecular flexibility index (Phi) is 3.79. The van der Waals surface area contributed by atoms with Crippen LogP contribution in [0.1, 0.15) is 44.1 Å². The van der Waals surface area contributed by atoms with E-state index in [0.29, 0.717) is 12.1 Å². The lowest BCUT2D eigenvalue weighted by Crippen LogP contribution is -2.43. The molecular weight excluding hydrogens is 250 g/mol. The number of ether oxygens (including phenoxy) is 1. The van der Waals surface area contributed by atoms with Crippen molar-refractivity contribution in [2.45, 2.75) is 56.7 Å². The predicted molar refractivity (Wildman–Crippen MR) is 78.5 cm³/mol. The summed E-state index contributed by atoms with van der Waals surface area (Å²) in [6.45, 7) is 1.93. The minimum absolute atomic E-state index is 0.0786. The van der Waals surface area contributed by atoms with Crippen molar-refractivity contribution in [3.63, 3.8) is 0 Å². The molecule has 0 aromatic heterocycles. The molecule has 2 bridgehead atoms. The normalized spacial score (nSPS) is 31.0. The number of nitrogens with zero attached hydrogens (tertiary/aromatic N) is 1. The maximum Gasteiger partial charge on any atom is 0.313 e. The van der Waals surface area contributed by atoms with Crippen LogP contribution in [0.5, 0.6) is 0 Å². The van der Waals surface area contributed by atoms with Gasteiger partial charge in [0.2, 0.25) is 0 Å². The fourth-order valence-electron chi connectivity index (χ4n) is 3.60. The van der Waals surface area contributed by atoms with Crippen LogP contribution in [0.3, 0.4) is 0 Å². The van der Waals surface area contributed by atoms with Crippen molar-refractivity contribution in [1.82, 2.24) is 4.90 Å². The van der Waals surface area contributed by atoms with Gasteiger partial charge in [-0.15, -0.1) is 0 Å². The Labute approximate surface area is 120 Å². The first kappa shape index (κ1) is 13.6. The van der Waals surface area contributed by atoms with Crippen LogP contribution in [0.2, 0.25) is 0 Å². The third-order valence-electron chi connectivity index (χ3n) is 4.99. The van der Waals surface area contributed by atoms with E-state index in [0.717, 1.165) is 18.4 Å². The van der Waals surface area contributed by atoms with Gasteiger partial charge in [-0.05, 0) is 45.2 Å². The molecule has 2 saturated heterocycles. The smallest absolute Gasteiger partial charge is 0.313 e. The number of hydrogen-bond donors (Lipinski definition) is 0. The van der Waals surface area contributed by atoms with E-state index in [9.17, 15) is 4.79 Å². The lowest BCUT2D eigenvalue weighted by atomic mass is 9.99. The van der Waals surface area contributed by atoms with Crippen LogP contribution >= 0.6 is 0 Å². The summed E-state index contributed by atoms with van der Waals surface area (Å²) >= 11 is 0. The van der Waals surface area contributed by atoms with Gasteiger partial charge in [0.05, 0.1) is 5.92 Å². The summed E-state index contributed by atoms with van der Waals surface area (Å²) < 4.78 is 5.77. The fourth-order valence-corrected chi connectivity index (χ4v) is 3.60. The Morgan fingerprint density at radius 2 is 1.80 bits per heavy atom. The van der Waals surface area contributed by atoms with Gasteiger partial charge in [0.15, 0.2) is 0 Å². The SMILES string of the molecule is CC(C(=O)O[C@H]1C[C@H]2CC[C@@H](C1)N2C)c1ccccc1. The van der Waals surface area contributed by atoms with E-state index >= 15 is 0 Å². The quantitative estimate of drug-likeness (QED) is 0.793. The van der Waals surface area contributed by atoms with Gasteiger partial charge < -0.3 is 9.64 Å². The van der Waals surface area contributed by atoms with Crippen LogP contribution in [-0.4, -0.2) is 36.1 Å². The molecule has 108 valence electrons. The number of hydrogen-bond acceptors (Lipinski definition) is 3. The van der Waals surface area contributed by atoms with Crippen molar-refractivity contribution in [1.29, 1.82) is 0 Å². The molecule has 2 aliphatic heterocycles. The number of carbonyl (C=O) groups is 1. The number of carbonyl (C=O) groups excluding carboxylic acids is 1. The van der Waals surface area contributed by atoms with Gasteiger partial charge in [0, 0.05) is 12.1 Å². The fraction of sp³-hybridized carbons (Fsp3) is 0.588. The second kappa shape index (κ2) is 5.57. The first-order valence-corrected chi connectivity index (χ1v) is 7.62. The number of fused-ring (bicyclic) bond motifs is 2. The molecule has 4 atom stereocenters. The average Bonchev–Trinajstić information content (AvgIpc) is 2.69. The van der Waals surface area contributed by atoms with E-state index in [1.807, 2.05) is 37.3 Å². The van der Waals surface area contributed by atoms with Gasteiger partial charge >= 0.3 is 5.97 Å². The Balaban J connectivity index is 1.60. The van der Waals surface area contributed by atoms with Crippen molar-refractivity contribution in [2.24, 2.45) is 0 Å². The van der Waals surface area contributed by atoms with E-state index in [4.69, 9.17) is 4.74 Å². The zero-order chi connectivity index (χ0) is 14.1. The number of piperidine rings is 1. The molecule has 3 nitrogen and oxygen atoms in total. The highest BCUT2D eigenvalue weighted by Crippen LogP contribution is 2.36. The first-order valence-electron chi connectivity index (χ1n) is 7.62. The standard InChI is InChI=1S/C17H23NO2/c1-12(13-6-4-3-5-7-13)17(19)20-16-10-14-8-9-15(11-16)18(14)2/h3-7,12,14-16H,8-11H2,1-2H3/t12?,14-,15+,16+. The van der Waals surface area contributed by atoms with Crippen molar-refractivity contribution < 1.29 is 9.53 Å². The highest BCUT2D eigenvalue weighted by atomic mass is 16.5. The molecule has 20 heavy (non-hydrogen) atoms. The average molecular weight is 273 g/mol. The largest absolute Gasteiger partial charge is 0.462 e. The van der Waals surface area contributed by atoms with E-state index in [-0.39, 0.29) is 18.0 Å². The molecule has 2 fully saturated rings. The van der Waals surface area contributed by atoms with Crippen LogP contribution < -0.4 is 0 Å². The monoisotopic (exact) mass is 273 g/mol. The molecule has 0 amide bonds. The molecule has 2 heterocycles. The molecule has 0 N–H and O–H groups in total. The van der Waals surface area contributed by atoms with Crippen molar-refractivity contribution in [2.75, 3.05) is 7.05 Å². The zero-order valence-electron chi connectivity index (χ0n) is 12.3. The van der Waals surface area contributed by atoms with Gasteiger partial charge in [0.25, 0.3) is 0 Å². The van der Waals surface area contributed by atoms with E-state index < -0.39 is 0 Å². The Bertz CT molecular complexity index is 459. The topological polar surface area (TPSA) is 29.5 Å². The molecule has 0 spiro atoms.